The van der Waals surface area contributed by atoms with Crippen molar-refractivity contribution in [2.24, 2.45) is 0 Å². The summed E-state index contributed by atoms with van der Waals surface area (Å²) in [4.78, 5) is 19.4. The zero-order valence-electron chi connectivity index (χ0n) is 17.7. The molecule has 1 aliphatic rings. The molecule has 0 spiro atoms. The van der Waals surface area contributed by atoms with E-state index in [2.05, 4.69) is 9.97 Å². The summed E-state index contributed by atoms with van der Waals surface area (Å²) in [5, 5.41) is 0.473. The second-order valence-corrected chi connectivity index (χ2v) is 7.79. The van der Waals surface area contributed by atoms with Crippen molar-refractivity contribution in [2.45, 2.75) is 18.9 Å². The third-order valence-electron chi connectivity index (χ3n) is 5.54. The Labute approximate surface area is 192 Å². The number of hydrogen-bond acceptors (Lipinski definition) is 5. The largest absolute Gasteiger partial charge is 0.453 e. The van der Waals surface area contributed by atoms with Crippen LogP contribution in [0.1, 0.15) is 28.2 Å². The number of aromatic nitrogens is 2. The lowest BCUT2D eigenvalue weighted by Gasteiger charge is -2.26. The average Bonchev–Trinajstić information content (AvgIpc) is 3.32. The van der Waals surface area contributed by atoms with Gasteiger partial charge in [0.1, 0.15) is 23.7 Å². The van der Waals surface area contributed by atoms with Crippen LogP contribution in [0.2, 0.25) is 0 Å². The highest BCUT2D eigenvalue weighted by atomic mass is 19.2. The average molecular weight is 462 g/mol. The highest BCUT2D eigenvalue weighted by Gasteiger charge is 2.32. The highest BCUT2D eigenvalue weighted by molar-refractivity contribution is 5.93. The van der Waals surface area contributed by atoms with Crippen molar-refractivity contribution in [2.75, 3.05) is 0 Å². The minimum atomic E-state index is -2.19. The maximum Gasteiger partial charge on any atom is 0.233 e. The van der Waals surface area contributed by atoms with Crippen LogP contribution in [0.3, 0.4) is 0 Å². The number of aldehydes is 1. The van der Waals surface area contributed by atoms with Gasteiger partial charge in [0.2, 0.25) is 5.85 Å². The molecule has 0 saturated carbocycles. The molecule has 5 rings (SSSR count). The summed E-state index contributed by atoms with van der Waals surface area (Å²) in [6, 6.07) is 11.7. The van der Waals surface area contributed by atoms with Crippen molar-refractivity contribution in [1.82, 2.24) is 9.97 Å². The Bertz CT molecular complexity index is 1460. The lowest BCUT2D eigenvalue weighted by molar-refractivity contribution is -0.113. The molecule has 0 fully saturated rings. The fourth-order valence-corrected chi connectivity index (χ4v) is 3.84. The quantitative estimate of drug-likeness (QED) is 0.319. The zero-order chi connectivity index (χ0) is 23.7. The Morgan fingerprint density at radius 2 is 1.94 bits per heavy atom. The van der Waals surface area contributed by atoms with Gasteiger partial charge in [-0.05, 0) is 35.9 Å². The van der Waals surface area contributed by atoms with Gasteiger partial charge in [0, 0.05) is 23.4 Å². The summed E-state index contributed by atoms with van der Waals surface area (Å²) in [5.41, 5.74) is 1.57. The van der Waals surface area contributed by atoms with Crippen LogP contribution < -0.4 is 0 Å². The number of ether oxygens (including phenoxy) is 1. The maximum atomic E-state index is 15.6. The molecule has 4 aromatic rings. The van der Waals surface area contributed by atoms with E-state index in [0.717, 1.165) is 0 Å². The standard InChI is InChI=1S/C26H17F3N2O3/c27-21-6-2-1-4-17(21)14-33-26(29)9-3-5-16(12-26)25-20-10-19(24-8-7-18(13-32)34-24)22(28)11-23(20)30-15-31-25/h1-11,13,15H,12,14H2. The Kier molecular flexibility index (Phi) is 5.59. The van der Waals surface area contributed by atoms with Gasteiger partial charge in [0.25, 0.3) is 0 Å². The molecule has 1 aliphatic carbocycles. The number of carbonyl (C=O) groups excluding carboxylic acids is 1. The summed E-state index contributed by atoms with van der Waals surface area (Å²) < 4.78 is 55.0. The molecule has 0 saturated heterocycles. The van der Waals surface area contributed by atoms with Gasteiger partial charge in [-0.15, -0.1) is 0 Å². The maximum absolute atomic E-state index is 15.6. The van der Waals surface area contributed by atoms with E-state index in [4.69, 9.17) is 9.15 Å². The summed E-state index contributed by atoms with van der Waals surface area (Å²) in [6.07, 6.45) is 6.06. The molecule has 8 heteroatoms. The second-order valence-electron chi connectivity index (χ2n) is 7.79. The normalized spacial score (nSPS) is 17.7. The van der Waals surface area contributed by atoms with Crippen LogP contribution in [0.25, 0.3) is 27.8 Å². The molecule has 2 aromatic heterocycles. The number of carbonyl (C=O) groups is 1. The molecule has 5 nitrogen and oxygen atoms in total. The van der Waals surface area contributed by atoms with E-state index in [-0.39, 0.29) is 35.7 Å². The van der Waals surface area contributed by atoms with Crippen molar-refractivity contribution in [3.63, 3.8) is 0 Å². The van der Waals surface area contributed by atoms with E-state index in [1.54, 1.807) is 18.2 Å². The fraction of sp³-hybridized carbons (Fsp3) is 0.115. The van der Waals surface area contributed by atoms with Crippen molar-refractivity contribution in [1.29, 1.82) is 0 Å². The Hall–Kier alpha value is -4.04. The predicted molar refractivity (Wildman–Crippen MR) is 119 cm³/mol. The fourth-order valence-electron chi connectivity index (χ4n) is 3.84. The van der Waals surface area contributed by atoms with E-state index in [1.165, 1.54) is 54.9 Å². The number of allylic oxidation sites excluding steroid dienone is 2. The lowest BCUT2D eigenvalue weighted by atomic mass is 9.94. The Morgan fingerprint density at radius 3 is 2.74 bits per heavy atom. The molecule has 1 unspecified atom stereocenters. The van der Waals surface area contributed by atoms with Gasteiger partial charge in [-0.3, -0.25) is 4.79 Å². The number of rotatable bonds is 6. The van der Waals surface area contributed by atoms with Crippen molar-refractivity contribution >= 4 is 22.8 Å². The minimum Gasteiger partial charge on any atom is -0.453 e. The number of alkyl halides is 1. The summed E-state index contributed by atoms with van der Waals surface area (Å²) in [7, 11) is 0. The zero-order valence-corrected chi connectivity index (χ0v) is 17.7. The molecule has 2 aromatic carbocycles. The first-order valence-corrected chi connectivity index (χ1v) is 10.4. The first-order valence-electron chi connectivity index (χ1n) is 10.4. The predicted octanol–water partition coefficient (Wildman–Crippen LogP) is 6.21. The van der Waals surface area contributed by atoms with Gasteiger partial charge < -0.3 is 9.15 Å². The van der Waals surface area contributed by atoms with E-state index in [1.807, 2.05) is 0 Å². The van der Waals surface area contributed by atoms with Crippen LogP contribution >= 0.6 is 0 Å². The van der Waals surface area contributed by atoms with E-state index >= 15 is 4.39 Å². The number of furan rings is 1. The van der Waals surface area contributed by atoms with Crippen molar-refractivity contribution < 1.29 is 27.1 Å². The van der Waals surface area contributed by atoms with Gasteiger partial charge >= 0.3 is 0 Å². The number of nitrogens with zero attached hydrogens (tertiary/aromatic N) is 2. The first-order chi connectivity index (χ1) is 16.5. The smallest absolute Gasteiger partial charge is 0.233 e. The number of hydrogen-bond donors (Lipinski definition) is 0. The summed E-state index contributed by atoms with van der Waals surface area (Å²) in [5.74, 6) is -3.02. The number of halogens is 3. The number of fused-ring (bicyclic) bond motifs is 1. The van der Waals surface area contributed by atoms with Crippen LogP contribution in [-0.2, 0) is 11.3 Å². The molecule has 1 atom stereocenters. The third-order valence-corrected chi connectivity index (χ3v) is 5.54. The van der Waals surface area contributed by atoms with E-state index in [9.17, 15) is 13.6 Å². The molecule has 0 bridgehead atoms. The molecule has 170 valence electrons. The number of benzene rings is 2. The molecule has 0 N–H and O–H groups in total. The molecular formula is C26H17F3N2O3. The second kappa shape index (κ2) is 8.72. The van der Waals surface area contributed by atoms with Gasteiger partial charge in [-0.2, -0.15) is 0 Å². The summed E-state index contributed by atoms with van der Waals surface area (Å²) in [6.45, 7) is -0.252. The van der Waals surface area contributed by atoms with Gasteiger partial charge in [-0.1, -0.05) is 30.4 Å². The molecule has 0 aliphatic heterocycles. The lowest BCUT2D eigenvalue weighted by Crippen LogP contribution is -2.26. The SMILES string of the molecule is O=Cc1ccc(-c2cc3c(C4=CC=CC(F)(OCc5ccccc5F)C4)ncnc3cc2F)o1. The van der Waals surface area contributed by atoms with E-state index in [0.29, 0.717) is 28.5 Å². The van der Waals surface area contributed by atoms with Crippen LogP contribution in [0.5, 0.6) is 0 Å². The van der Waals surface area contributed by atoms with Crippen molar-refractivity contribution in [3.8, 4) is 11.3 Å². The topological polar surface area (TPSA) is 65.2 Å². The Morgan fingerprint density at radius 1 is 1.09 bits per heavy atom. The minimum absolute atomic E-state index is 0.0633. The summed E-state index contributed by atoms with van der Waals surface area (Å²) >= 11 is 0. The van der Waals surface area contributed by atoms with E-state index < -0.39 is 17.5 Å². The van der Waals surface area contributed by atoms with Gasteiger partial charge in [-0.25, -0.2) is 23.1 Å². The van der Waals surface area contributed by atoms with Gasteiger partial charge in [0.05, 0.1) is 23.4 Å². The van der Waals surface area contributed by atoms with Crippen LogP contribution in [0.15, 0.2) is 77.5 Å². The van der Waals surface area contributed by atoms with Crippen molar-refractivity contribution in [3.05, 3.63) is 102 Å². The van der Waals surface area contributed by atoms with Gasteiger partial charge in [0.15, 0.2) is 12.0 Å². The third kappa shape index (κ3) is 4.15. The molecule has 34 heavy (non-hydrogen) atoms. The highest BCUT2D eigenvalue weighted by Crippen LogP contribution is 2.37. The molecule has 2 heterocycles. The monoisotopic (exact) mass is 462 g/mol. The molecular weight excluding hydrogens is 445 g/mol. The molecule has 0 amide bonds. The van der Waals surface area contributed by atoms with Crippen LogP contribution in [0, 0.1) is 11.6 Å². The Balaban J connectivity index is 1.48. The van der Waals surface area contributed by atoms with Crippen LogP contribution in [-0.4, -0.2) is 22.1 Å². The first kappa shape index (κ1) is 21.8. The van der Waals surface area contributed by atoms with Crippen LogP contribution in [0.4, 0.5) is 13.2 Å². The molecule has 0 radical (unpaired) electrons.